The summed E-state index contributed by atoms with van der Waals surface area (Å²) in [6.07, 6.45) is -1.30. The smallest absolute Gasteiger partial charge is 0.252 e. The minimum Gasteiger partial charge on any atom is -0.387 e. The van der Waals surface area contributed by atoms with Crippen molar-refractivity contribution in [1.82, 2.24) is 24.8 Å². The number of aliphatic hydroxyl groups is 2. The summed E-state index contributed by atoms with van der Waals surface area (Å²) in [5, 5.41) is 26.3. The molecule has 140 valence electrons. The van der Waals surface area contributed by atoms with Gasteiger partial charge in [-0.1, -0.05) is 0 Å². The average Bonchev–Trinajstić information content (AvgIpc) is 3.30. The molecule has 1 aliphatic heterocycles. The van der Waals surface area contributed by atoms with Gasteiger partial charge in [-0.25, -0.2) is 4.98 Å². The molecule has 2 aliphatic rings. The van der Waals surface area contributed by atoms with E-state index in [1.807, 2.05) is 0 Å². The highest BCUT2D eigenvalue weighted by Gasteiger charge is 2.48. The van der Waals surface area contributed by atoms with E-state index in [0.29, 0.717) is 29.4 Å². The number of carbonyl (C=O) groups excluding carboxylic acids is 1. The van der Waals surface area contributed by atoms with Crippen LogP contribution in [0.25, 0.3) is 11.2 Å². The summed E-state index contributed by atoms with van der Waals surface area (Å²) in [4.78, 5) is 24.7. The van der Waals surface area contributed by atoms with E-state index < -0.39 is 30.4 Å². The molecule has 1 saturated heterocycles. The number of hydrogen-bond donors (Lipinski definition) is 4. The number of amides is 1. The SMILES string of the molecule is CNc1nc(Cl)nc2c1ncn2[C@@H]1O[C@H](C(=O)NCC2CC2)[C@@H](O)[C@H]1O. The van der Waals surface area contributed by atoms with Gasteiger partial charge in [-0.15, -0.1) is 0 Å². The number of nitrogens with one attached hydrogen (secondary N) is 2. The Morgan fingerprint density at radius 3 is 2.85 bits per heavy atom. The molecule has 0 aromatic carbocycles. The first-order valence-electron chi connectivity index (χ1n) is 8.36. The number of carbonyl (C=O) groups is 1. The first-order chi connectivity index (χ1) is 12.5. The van der Waals surface area contributed by atoms with Crippen LogP contribution in [0.4, 0.5) is 5.82 Å². The second kappa shape index (κ2) is 6.62. The number of hydrogen-bond acceptors (Lipinski definition) is 8. The molecular formula is C15H19ClN6O4. The lowest BCUT2D eigenvalue weighted by molar-refractivity contribution is -0.137. The van der Waals surface area contributed by atoms with Crippen molar-refractivity contribution >= 4 is 34.5 Å². The number of rotatable bonds is 5. The van der Waals surface area contributed by atoms with Crippen LogP contribution < -0.4 is 10.6 Å². The number of imidazole rings is 1. The van der Waals surface area contributed by atoms with E-state index in [2.05, 4.69) is 25.6 Å². The molecule has 1 amide bonds. The molecule has 4 rings (SSSR count). The maximum atomic E-state index is 12.3. The third kappa shape index (κ3) is 2.98. The molecule has 1 aliphatic carbocycles. The number of nitrogens with zero attached hydrogens (tertiary/aromatic N) is 4. The number of fused-ring (bicyclic) bond motifs is 1. The van der Waals surface area contributed by atoms with Gasteiger partial charge in [0.05, 0.1) is 6.33 Å². The van der Waals surface area contributed by atoms with Crippen LogP contribution >= 0.6 is 11.6 Å². The molecule has 0 bridgehead atoms. The minimum absolute atomic E-state index is 0.00429. The summed E-state index contributed by atoms with van der Waals surface area (Å²) < 4.78 is 7.09. The lowest BCUT2D eigenvalue weighted by Gasteiger charge is -2.16. The van der Waals surface area contributed by atoms with Gasteiger partial charge < -0.3 is 25.6 Å². The molecule has 26 heavy (non-hydrogen) atoms. The molecule has 4 atom stereocenters. The Morgan fingerprint density at radius 2 is 2.15 bits per heavy atom. The van der Waals surface area contributed by atoms with Crippen LogP contribution in [0.3, 0.4) is 0 Å². The second-order valence-electron chi connectivity index (χ2n) is 6.53. The molecule has 0 spiro atoms. The summed E-state index contributed by atoms with van der Waals surface area (Å²) in [5.41, 5.74) is 0.758. The van der Waals surface area contributed by atoms with Crippen LogP contribution in [0.15, 0.2) is 6.33 Å². The fourth-order valence-electron chi connectivity index (χ4n) is 3.02. The van der Waals surface area contributed by atoms with Gasteiger partial charge in [0.15, 0.2) is 29.3 Å². The van der Waals surface area contributed by atoms with Gasteiger partial charge in [0, 0.05) is 13.6 Å². The first kappa shape index (κ1) is 17.4. The van der Waals surface area contributed by atoms with Gasteiger partial charge in [0.2, 0.25) is 5.28 Å². The second-order valence-corrected chi connectivity index (χ2v) is 6.87. The molecule has 2 aromatic rings. The Morgan fingerprint density at radius 1 is 1.38 bits per heavy atom. The summed E-state index contributed by atoms with van der Waals surface area (Å²) in [7, 11) is 1.67. The molecule has 1 saturated carbocycles. The summed E-state index contributed by atoms with van der Waals surface area (Å²) in [5.74, 6) is 0.471. The molecule has 4 N–H and O–H groups in total. The maximum Gasteiger partial charge on any atom is 0.252 e. The summed E-state index contributed by atoms with van der Waals surface area (Å²) in [6, 6.07) is 0. The monoisotopic (exact) mass is 382 g/mol. The van der Waals surface area contributed by atoms with Gasteiger partial charge in [0.25, 0.3) is 5.91 Å². The highest BCUT2D eigenvalue weighted by Crippen LogP contribution is 2.33. The predicted molar refractivity (Wildman–Crippen MR) is 91.5 cm³/mol. The maximum absolute atomic E-state index is 12.3. The van der Waals surface area contributed by atoms with E-state index in [4.69, 9.17) is 16.3 Å². The van der Waals surface area contributed by atoms with Crippen molar-refractivity contribution in [2.75, 3.05) is 18.9 Å². The van der Waals surface area contributed by atoms with Gasteiger partial charge in [-0.2, -0.15) is 9.97 Å². The fourth-order valence-corrected chi connectivity index (χ4v) is 3.19. The van der Waals surface area contributed by atoms with E-state index in [1.54, 1.807) is 7.05 Å². The van der Waals surface area contributed by atoms with E-state index >= 15 is 0 Å². The lowest BCUT2D eigenvalue weighted by atomic mass is 10.1. The van der Waals surface area contributed by atoms with Gasteiger partial charge in [-0.05, 0) is 30.4 Å². The molecule has 11 heteroatoms. The Hall–Kier alpha value is -2.01. The number of aromatic nitrogens is 4. The lowest BCUT2D eigenvalue weighted by Crippen LogP contribution is -2.43. The average molecular weight is 383 g/mol. The Bertz CT molecular complexity index is 841. The minimum atomic E-state index is -1.36. The van der Waals surface area contributed by atoms with E-state index in [-0.39, 0.29) is 5.28 Å². The van der Waals surface area contributed by atoms with Crippen LogP contribution in [-0.2, 0) is 9.53 Å². The third-order valence-corrected chi connectivity index (χ3v) is 4.83. The number of anilines is 1. The zero-order valence-electron chi connectivity index (χ0n) is 14.0. The van der Waals surface area contributed by atoms with Crippen LogP contribution in [0.1, 0.15) is 19.1 Å². The van der Waals surface area contributed by atoms with Crippen molar-refractivity contribution in [2.24, 2.45) is 5.92 Å². The molecule has 3 heterocycles. The molecule has 10 nitrogen and oxygen atoms in total. The normalized spacial score (nSPS) is 28.5. The van der Waals surface area contributed by atoms with Gasteiger partial charge in [-0.3, -0.25) is 9.36 Å². The van der Waals surface area contributed by atoms with Crippen molar-refractivity contribution in [1.29, 1.82) is 0 Å². The van der Waals surface area contributed by atoms with Crippen molar-refractivity contribution in [3.05, 3.63) is 11.6 Å². The highest BCUT2D eigenvalue weighted by molar-refractivity contribution is 6.28. The van der Waals surface area contributed by atoms with Crippen molar-refractivity contribution in [3.63, 3.8) is 0 Å². The largest absolute Gasteiger partial charge is 0.387 e. The molecule has 2 aromatic heterocycles. The van der Waals surface area contributed by atoms with E-state index in [1.165, 1.54) is 10.9 Å². The first-order valence-corrected chi connectivity index (χ1v) is 8.74. The van der Waals surface area contributed by atoms with Crippen LogP contribution in [0.5, 0.6) is 0 Å². The van der Waals surface area contributed by atoms with Crippen LogP contribution in [-0.4, -0.2) is 67.5 Å². The molecule has 0 unspecified atom stereocenters. The van der Waals surface area contributed by atoms with E-state index in [0.717, 1.165) is 12.8 Å². The number of aliphatic hydroxyl groups excluding tert-OH is 2. The van der Waals surface area contributed by atoms with E-state index in [9.17, 15) is 15.0 Å². The van der Waals surface area contributed by atoms with Crippen molar-refractivity contribution < 1.29 is 19.7 Å². The summed E-state index contributed by atoms with van der Waals surface area (Å²) in [6.45, 7) is 0.550. The zero-order valence-corrected chi connectivity index (χ0v) is 14.7. The van der Waals surface area contributed by atoms with Crippen molar-refractivity contribution in [3.8, 4) is 0 Å². The van der Waals surface area contributed by atoms with Gasteiger partial charge >= 0.3 is 0 Å². The van der Waals surface area contributed by atoms with Crippen LogP contribution in [0.2, 0.25) is 5.28 Å². The predicted octanol–water partition coefficient (Wildman–Crippen LogP) is -0.333. The standard InChI is InChI=1S/C15H19ClN6O4/c1-17-11-7-12(21-15(16)20-11)22(5-19-7)14-9(24)8(23)10(26-14)13(25)18-4-6-2-3-6/h5-6,8-10,14,23-24H,2-4H2,1H3,(H,18,25)(H,17,20,21)/t8-,9+,10-,14+/m0/s1. The molecular weight excluding hydrogens is 364 g/mol. The molecule has 0 radical (unpaired) electrons. The van der Waals surface area contributed by atoms with Crippen molar-refractivity contribution in [2.45, 2.75) is 37.4 Å². The number of ether oxygens (including phenoxy) is 1. The Labute approximate surface area is 153 Å². The molecule has 2 fully saturated rings. The zero-order chi connectivity index (χ0) is 18.4. The topological polar surface area (TPSA) is 134 Å². The van der Waals surface area contributed by atoms with Crippen LogP contribution in [0, 0.1) is 5.92 Å². The summed E-state index contributed by atoms with van der Waals surface area (Å²) >= 11 is 5.94. The number of halogens is 1. The third-order valence-electron chi connectivity index (χ3n) is 4.66. The Kier molecular flexibility index (Phi) is 4.43. The fraction of sp³-hybridized carbons (Fsp3) is 0.600. The highest BCUT2D eigenvalue weighted by atomic mass is 35.5. The quantitative estimate of drug-likeness (QED) is 0.516. The Balaban J connectivity index is 1.60. The van der Waals surface area contributed by atoms with Gasteiger partial charge in [0.1, 0.15) is 12.2 Å².